The molecule has 0 amide bonds. The van der Waals surface area contributed by atoms with Gasteiger partial charge in [0, 0.05) is 35.1 Å². The highest BCUT2D eigenvalue weighted by atomic mass is 16.8. The maximum Gasteiger partial charge on any atom is 0.169 e. The molecule has 334 valence electrons. The molecule has 4 aromatic carbocycles. The number of quaternary nitrogens is 2. The number of nitrogens with zero attached hydrogens (tertiary/aromatic N) is 2. The summed E-state index contributed by atoms with van der Waals surface area (Å²) in [6.45, 7) is 37.5. The number of hydrogen-bond donors (Lipinski definition) is 0. The molecule has 0 spiro atoms. The lowest BCUT2D eigenvalue weighted by Crippen LogP contribution is -2.54. The van der Waals surface area contributed by atoms with Crippen LogP contribution in [0.25, 0.3) is 0 Å². The first-order valence-electron chi connectivity index (χ1n) is 23.6. The molecule has 0 N–H and O–H groups in total. The molecule has 0 aromatic heterocycles. The van der Waals surface area contributed by atoms with E-state index in [0.29, 0.717) is 0 Å². The van der Waals surface area contributed by atoms with Crippen molar-refractivity contribution in [3.8, 4) is 0 Å². The Hall–Kier alpha value is -3.28. The van der Waals surface area contributed by atoms with Crippen LogP contribution in [0.5, 0.6) is 0 Å². The van der Waals surface area contributed by atoms with Crippen molar-refractivity contribution in [3.63, 3.8) is 0 Å². The van der Waals surface area contributed by atoms with Crippen LogP contribution < -0.4 is 0 Å². The monoisotopic (exact) mass is 831 g/mol. The van der Waals surface area contributed by atoms with E-state index in [2.05, 4.69) is 208 Å². The highest BCUT2D eigenvalue weighted by molar-refractivity contribution is 5.30. The average molecular weight is 831 g/mol. The predicted octanol–water partition coefficient (Wildman–Crippen LogP) is 14.0. The Morgan fingerprint density at radius 2 is 0.607 bits per heavy atom. The van der Waals surface area contributed by atoms with E-state index in [1.165, 1.54) is 44.5 Å². The largest absolute Gasteiger partial charge is 0.338 e. The van der Waals surface area contributed by atoms with Crippen molar-refractivity contribution in [3.05, 3.63) is 142 Å². The SMILES string of the molecule is CCCC1(CCC)O[C@@H](C[N+](C)(Cc2ccc(C(C)(C)C)cc2)Cc2ccc(C(C)(C)C)cc2)[C@H](C[N+](C)(Cc2ccc(C(C)(C)C)cc2)Cc2ccc(C(C)(C)C)cc2)O1. The summed E-state index contributed by atoms with van der Waals surface area (Å²) in [5.74, 6) is -0.570. The molecule has 0 unspecified atom stereocenters. The van der Waals surface area contributed by atoms with Crippen molar-refractivity contribution in [2.24, 2.45) is 0 Å². The molecule has 1 aliphatic rings. The fourth-order valence-corrected chi connectivity index (χ4v) is 9.61. The van der Waals surface area contributed by atoms with E-state index in [1.54, 1.807) is 0 Å². The number of likely N-dealkylation sites (N-methyl/N-ethyl adjacent to an activating group) is 2. The van der Waals surface area contributed by atoms with Crippen molar-refractivity contribution < 1.29 is 18.4 Å². The predicted molar refractivity (Wildman–Crippen MR) is 260 cm³/mol. The van der Waals surface area contributed by atoms with E-state index < -0.39 is 5.79 Å². The van der Waals surface area contributed by atoms with Gasteiger partial charge in [0.2, 0.25) is 0 Å². The van der Waals surface area contributed by atoms with Gasteiger partial charge in [0.15, 0.2) is 5.79 Å². The van der Waals surface area contributed by atoms with Crippen LogP contribution in [0.15, 0.2) is 97.1 Å². The zero-order valence-electron chi connectivity index (χ0n) is 41.7. The summed E-state index contributed by atoms with van der Waals surface area (Å²) in [5.41, 5.74) is 11.4. The first kappa shape index (κ1) is 48.7. The number of rotatable bonds is 16. The lowest BCUT2D eigenvalue weighted by atomic mass is 9.86. The maximum absolute atomic E-state index is 7.45. The maximum atomic E-state index is 7.45. The Morgan fingerprint density at radius 3 is 0.787 bits per heavy atom. The van der Waals surface area contributed by atoms with Gasteiger partial charge in [-0.3, -0.25) is 0 Å². The van der Waals surface area contributed by atoms with E-state index in [0.717, 1.165) is 73.9 Å². The molecule has 0 radical (unpaired) electrons. The molecule has 61 heavy (non-hydrogen) atoms. The van der Waals surface area contributed by atoms with Crippen LogP contribution in [0.1, 0.15) is 167 Å². The van der Waals surface area contributed by atoms with E-state index in [4.69, 9.17) is 9.47 Å². The van der Waals surface area contributed by atoms with E-state index in [9.17, 15) is 0 Å². The third-order valence-corrected chi connectivity index (χ3v) is 13.2. The highest BCUT2D eigenvalue weighted by Gasteiger charge is 2.51. The van der Waals surface area contributed by atoms with Crippen molar-refractivity contribution in [2.75, 3.05) is 27.2 Å². The second-order valence-corrected chi connectivity index (χ2v) is 23.7. The average Bonchev–Trinajstić information content (AvgIpc) is 3.45. The minimum Gasteiger partial charge on any atom is -0.338 e. The summed E-state index contributed by atoms with van der Waals surface area (Å²) in [7, 11) is 4.91. The van der Waals surface area contributed by atoms with E-state index in [-0.39, 0.29) is 33.9 Å². The second kappa shape index (κ2) is 18.8. The number of benzene rings is 4. The van der Waals surface area contributed by atoms with E-state index >= 15 is 0 Å². The summed E-state index contributed by atoms with van der Waals surface area (Å²) in [6.07, 6.45) is 3.75. The molecule has 0 aliphatic carbocycles. The van der Waals surface area contributed by atoms with E-state index in [1.807, 2.05) is 0 Å². The zero-order chi connectivity index (χ0) is 45.1. The molecule has 4 heteroatoms. The first-order valence-corrected chi connectivity index (χ1v) is 23.6. The lowest BCUT2D eigenvalue weighted by molar-refractivity contribution is -0.944. The van der Waals surface area contributed by atoms with Gasteiger partial charge in [-0.15, -0.1) is 0 Å². The van der Waals surface area contributed by atoms with Crippen LogP contribution in [0, 0.1) is 0 Å². The van der Waals surface area contributed by atoms with Gasteiger partial charge in [0.1, 0.15) is 51.5 Å². The summed E-state index contributed by atoms with van der Waals surface area (Å²) < 4.78 is 16.5. The Labute approximate surface area is 374 Å². The van der Waals surface area contributed by atoms with Crippen LogP contribution in [-0.4, -0.2) is 54.1 Å². The molecule has 1 heterocycles. The molecular weight excluding hydrogens is 745 g/mol. The van der Waals surface area contributed by atoms with Gasteiger partial charge in [-0.05, 0) is 43.9 Å². The Balaban J connectivity index is 1.55. The topological polar surface area (TPSA) is 18.5 Å². The summed E-state index contributed by atoms with van der Waals surface area (Å²) in [6, 6.07) is 37.7. The zero-order valence-corrected chi connectivity index (χ0v) is 41.7. The minimum atomic E-state index is -0.570. The third kappa shape index (κ3) is 13.4. The molecule has 4 nitrogen and oxygen atoms in total. The molecule has 2 atom stereocenters. The van der Waals surface area contributed by atoms with Gasteiger partial charge in [-0.1, -0.05) is 207 Å². The molecule has 1 fully saturated rings. The van der Waals surface area contributed by atoms with Gasteiger partial charge in [0.25, 0.3) is 0 Å². The molecular formula is C57H86N2O2+2. The van der Waals surface area contributed by atoms with Gasteiger partial charge >= 0.3 is 0 Å². The van der Waals surface area contributed by atoms with Crippen LogP contribution in [0.3, 0.4) is 0 Å². The van der Waals surface area contributed by atoms with Crippen molar-refractivity contribution >= 4 is 0 Å². The molecule has 0 bridgehead atoms. The van der Waals surface area contributed by atoms with Gasteiger partial charge < -0.3 is 18.4 Å². The van der Waals surface area contributed by atoms with Crippen LogP contribution in [0.2, 0.25) is 0 Å². The van der Waals surface area contributed by atoms with Crippen LogP contribution >= 0.6 is 0 Å². The smallest absolute Gasteiger partial charge is 0.169 e. The van der Waals surface area contributed by atoms with Crippen LogP contribution in [-0.2, 0) is 57.3 Å². The van der Waals surface area contributed by atoms with Gasteiger partial charge in [0.05, 0.1) is 14.1 Å². The fourth-order valence-electron chi connectivity index (χ4n) is 9.61. The number of ether oxygens (including phenoxy) is 2. The molecule has 1 saturated heterocycles. The first-order chi connectivity index (χ1) is 28.2. The Morgan fingerprint density at radius 1 is 0.393 bits per heavy atom. The lowest BCUT2D eigenvalue weighted by Gasteiger charge is -2.40. The number of hydrogen-bond acceptors (Lipinski definition) is 2. The van der Waals surface area contributed by atoms with Gasteiger partial charge in [-0.25, -0.2) is 0 Å². The standard InChI is InChI=1S/C57H86N2O2/c1-17-35-57(36-18-2)60-51(41-58(15,37-43-19-27-47(28-20-43)53(3,4)5)38-44-21-29-48(30-22-44)54(6,7)8)52(61-57)42-59(16,39-45-23-31-49(32-24-45)55(9,10)11)40-46-25-33-50(34-26-46)56(12,13)14/h19-34,51-52H,17-18,35-42H2,1-16H3/q+2/t51-,52-/m0/s1. The Kier molecular flexibility index (Phi) is 15.0. The fraction of sp³-hybridized carbons (Fsp3) is 0.579. The molecule has 4 aromatic rings. The molecule has 5 rings (SSSR count). The van der Waals surface area contributed by atoms with Crippen molar-refractivity contribution in [1.82, 2.24) is 0 Å². The molecule has 0 saturated carbocycles. The quantitative estimate of drug-likeness (QED) is 0.105. The second-order valence-electron chi connectivity index (χ2n) is 23.7. The third-order valence-electron chi connectivity index (χ3n) is 13.2. The van der Waals surface area contributed by atoms with Crippen molar-refractivity contribution in [1.29, 1.82) is 0 Å². The van der Waals surface area contributed by atoms with Crippen molar-refractivity contribution in [2.45, 2.75) is 188 Å². The van der Waals surface area contributed by atoms with Crippen LogP contribution in [0.4, 0.5) is 0 Å². The minimum absolute atomic E-state index is 0.0604. The Bertz CT molecular complexity index is 1700. The normalized spacial score (nSPS) is 17.8. The highest BCUT2D eigenvalue weighted by Crippen LogP contribution is 2.40. The molecule has 1 aliphatic heterocycles. The summed E-state index contributed by atoms with van der Waals surface area (Å²) in [4.78, 5) is 0. The summed E-state index contributed by atoms with van der Waals surface area (Å²) in [5, 5.41) is 0. The summed E-state index contributed by atoms with van der Waals surface area (Å²) >= 11 is 0. The van der Waals surface area contributed by atoms with Gasteiger partial charge in [-0.2, -0.15) is 0 Å².